The molecule has 9 heteroatoms. The van der Waals surface area contributed by atoms with Crippen LogP contribution >= 0.6 is 45.3 Å². The molecule has 4 nitrogen and oxygen atoms in total. The zero-order chi connectivity index (χ0) is 38.4. The first-order chi connectivity index (χ1) is 27.0. The Balaban J connectivity index is 1.46. The van der Waals surface area contributed by atoms with Gasteiger partial charge in [0.1, 0.15) is 43.5 Å². The van der Waals surface area contributed by atoms with Crippen LogP contribution in [0.25, 0.3) is 11.1 Å². The second-order valence-electron chi connectivity index (χ2n) is 14.1. The minimum atomic E-state index is -2.17. The lowest BCUT2D eigenvalue weighted by molar-refractivity contribution is 0.684. The molecule has 6 aromatic rings. The highest BCUT2D eigenvalue weighted by atomic mass is 32.1. The quantitative estimate of drug-likeness (QED) is 0.102. The molecule has 272 valence electrons. The fraction of sp³-hybridized carbons (Fsp3) is 0.261. The van der Waals surface area contributed by atoms with Crippen LogP contribution < -0.4 is 19.4 Å². The number of thiophene rings is 4. The summed E-state index contributed by atoms with van der Waals surface area (Å²) in [5.74, 6) is 0. The zero-order valence-electron chi connectivity index (χ0n) is 31.1. The summed E-state index contributed by atoms with van der Waals surface area (Å²) in [6, 6.07) is 41.8. The first kappa shape index (κ1) is 38.4. The molecule has 0 saturated carbocycles. The predicted octanol–water partition coefficient (Wildman–Crippen LogP) is 9.80. The van der Waals surface area contributed by atoms with E-state index < -0.39 is 8.07 Å². The van der Waals surface area contributed by atoms with Crippen molar-refractivity contribution in [3.8, 4) is 24.3 Å². The second-order valence-corrected chi connectivity index (χ2v) is 22.7. The first-order valence-corrected chi connectivity index (χ1v) is 24.7. The van der Waals surface area contributed by atoms with Gasteiger partial charge in [0, 0.05) is 27.2 Å². The molecule has 5 heterocycles. The fourth-order valence-electron chi connectivity index (χ4n) is 7.90. The van der Waals surface area contributed by atoms with Gasteiger partial charge in [0.05, 0.1) is 9.06 Å². The van der Waals surface area contributed by atoms with Crippen molar-refractivity contribution in [2.45, 2.75) is 77.3 Å². The minimum absolute atomic E-state index is 0.162. The van der Waals surface area contributed by atoms with Gasteiger partial charge in [-0.2, -0.15) is 21.0 Å². The highest BCUT2D eigenvalue weighted by Crippen LogP contribution is 2.29. The highest BCUT2D eigenvalue weighted by molar-refractivity contribution is 7.12. The maximum Gasteiger partial charge on any atom is 0.146 e. The molecule has 4 aromatic heterocycles. The minimum Gasteiger partial charge on any atom is -0.192 e. The Morgan fingerprint density at radius 3 is 1.24 bits per heavy atom. The summed E-state index contributed by atoms with van der Waals surface area (Å²) in [6.07, 6.45) is 10.0. The third-order valence-corrected chi connectivity index (χ3v) is 20.9. The van der Waals surface area contributed by atoms with Crippen LogP contribution in [0.2, 0.25) is 12.1 Å². The summed E-state index contributed by atoms with van der Waals surface area (Å²) in [5, 5.41) is 46.1. The van der Waals surface area contributed by atoms with E-state index in [1.165, 1.54) is 116 Å². The number of fused-ring (bicyclic) bond motifs is 2. The molecule has 0 fully saturated rings. The maximum atomic E-state index is 9.39. The van der Waals surface area contributed by atoms with E-state index in [1.54, 1.807) is 33.0 Å². The van der Waals surface area contributed by atoms with E-state index >= 15 is 0 Å². The second kappa shape index (κ2) is 17.3. The van der Waals surface area contributed by atoms with Crippen molar-refractivity contribution >= 4 is 74.9 Å². The molecule has 0 radical (unpaired) electrons. The van der Waals surface area contributed by atoms with Crippen LogP contribution in [-0.2, 0) is 0 Å². The first-order valence-electron chi connectivity index (χ1n) is 19.0. The summed E-state index contributed by atoms with van der Waals surface area (Å²) in [4.78, 5) is 0. The normalized spacial score (nSPS) is 14.9. The molecule has 0 atom stereocenters. The number of rotatable bonds is 10. The molecule has 0 aliphatic carbocycles. The van der Waals surface area contributed by atoms with Crippen LogP contribution in [0.5, 0.6) is 0 Å². The van der Waals surface area contributed by atoms with Gasteiger partial charge >= 0.3 is 0 Å². The lowest BCUT2D eigenvalue weighted by Gasteiger charge is -2.31. The van der Waals surface area contributed by atoms with Gasteiger partial charge in [0.15, 0.2) is 0 Å². The monoisotopic (exact) mass is 804 g/mol. The van der Waals surface area contributed by atoms with Gasteiger partial charge in [-0.15, -0.1) is 45.3 Å². The Morgan fingerprint density at radius 2 is 0.836 bits per heavy atom. The number of nitrogens with zero attached hydrogens (tertiary/aromatic N) is 4. The number of unbranched alkanes of at least 4 members (excludes halogenated alkanes) is 6. The van der Waals surface area contributed by atoms with Crippen molar-refractivity contribution in [2.24, 2.45) is 0 Å². The van der Waals surface area contributed by atoms with Gasteiger partial charge in [-0.1, -0.05) is 102 Å². The van der Waals surface area contributed by atoms with Crippen molar-refractivity contribution in [1.82, 2.24) is 0 Å². The Labute approximate surface area is 337 Å². The Hall–Kier alpha value is -4.84. The summed E-state index contributed by atoms with van der Waals surface area (Å²) in [6.45, 7) is 4.59. The lowest BCUT2D eigenvalue weighted by Crippen LogP contribution is -2.56. The molecule has 0 N–H and O–H groups in total. The van der Waals surface area contributed by atoms with Gasteiger partial charge in [-0.25, -0.2) is 0 Å². The molecular weight excluding hydrogens is 765 g/mol. The van der Waals surface area contributed by atoms with Crippen molar-refractivity contribution in [1.29, 1.82) is 21.0 Å². The largest absolute Gasteiger partial charge is 0.192 e. The van der Waals surface area contributed by atoms with Crippen LogP contribution in [0, 0.1) is 93.4 Å². The van der Waals surface area contributed by atoms with Gasteiger partial charge in [-0.05, 0) is 91.9 Å². The smallest absolute Gasteiger partial charge is 0.146 e. The van der Waals surface area contributed by atoms with E-state index in [4.69, 9.17) is 0 Å². The summed E-state index contributed by atoms with van der Waals surface area (Å²) < 4.78 is 8.38. The molecule has 1 aliphatic heterocycles. The van der Waals surface area contributed by atoms with Crippen LogP contribution in [0.15, 0.2) is 84.9 Å². The number of hydrogen-bond acceptors (Lipinski definition) is 8. The van der Waals surface area contributed by atoms with Gasteiger partial charge < -0.3 is 0 Å². The average molecular weight is 805 g/mol. The van der Waals surface area contributed by atoms with Crippen molar-refractivity contribution in [3.05, 3.63) is 142 Å². The van der Waals surface area contributed by atoms with E-state index in [0.717, 1.165) is 27.2 Å². The van der Waals surface area contributed by atoms with Crippen LogP contribution in [-0.4, -0.2) is 8.07 Å². The Kier molecular flexibility index (Phi) is 12.1. The lowest BCUT2D eigenvalue weighted by atomic mass is 10.2. The third kappa shape index (κ3) is 7.70. The molecule has 2 aromatic carbocycles. The van der Waals surface area contributed by atoms with Crippen LogP contribution in [0.3, 0.4) is 0 Å². The molecule has 7 rings (SSSR count). The molecule has 0 saturated heterocycles. The maximum absolute atomic E-state index is 9.39. The number of nitriles is 4. The predicted molar refractivity (Wildman–Crippen MR) is 230 cm³/mol. The van der Waals surface area contributed by atoms with E-state index in [-0.39, 0.29) is 11.1 Å². The number of benzene rings is 2. The van der Waals surface area contributed by atoms with Gasteiger partial charge in [0.2, 0.25) is 0 Å². The summed E-state index contributed by atoms with van der Waals surface area (Å²) in [7, 11) is -2.17. The molecule has 1 aliphatic rings. The van der Waals surface area contributed by atoms with Crippen molar-refractivity contribution < 1.29 is 0 Å². The van der Waals surface area contributed by atoms with E-state index in [9.17, 15) is 21.0 Å². The average Bonchev–Trinajstić information content (AvgIpc) is 4.07. The van der Waals surface area contributed by atoms with Crippen molar-refractivity contribution in [3.63, 3.8) is 0 Å². The molecule has 55 heavy (non-hydrogen) atoms. The summed E-state index contributed by atoms with van der Waals surface area (Å²) in [5.41, 5.74) is 0.324. The molecule has 0 unspecified atom stereocenters. The van der Waals surface area contributed by atoms with Crippen LogP contribution in [0.1, 0.15) is 65.2 Å². The van der Waals surface area contributed by atoms with Crippen molar-refractivity contribution in [2.75, 3.05) is 0 Å². The summed E-state index contributed by atoms with van der Waals surface area (Å²) >= 11 is 6.58. The Bertz CT molecular complexity index is 2970. The molecular formula is C46H40N4S4Si. The topological polar surface area (TPSA) is 95.2 Å². The van der Waals surface area contributed by atoms with E-state index in [0.29, 0.717) is 0 Å². The Morgan fingerprint density at radius 1 is 0.455 bits per heavy atom. The van der Waals surface area contributed by atoms with Gasteiger partial charge in [0.25, 0.3) is 0 Å². The molecule has 0 bridgehead atoms. The highest BCUT2D eigenvalue weighted by Gasteiger charge is 2.41. The number of hydrogen-bond donors (Lipinski definition) is 0. The third-order valence-electron chi connectivity index (χ3n) is 10.7. The fourth-order valence-corrected chi connectivity index (χ4v) is 17.6. The molecule has 0 spiro atoms. The van der Waals surface area contributed by atoms with Crippen LogP contribution in [0.4, 0.5) is 0 Å². The molecule has 0 amide bonds. The van der Waals surface area contributed by atoms with E-state index in [1.807, 2.05) is 48.5 Å². The van der Waals surface area contributed by atoms with E-state index in [2.05, 4.69) is 74.5 Å². The standard InChI is InChI=1S/C46H40N4S4Si/c1-3-5-7-9-23-55(24-10-8-6-4-2)45-25-31(37-15-19-41(51-37)43-21-17-39(53-43)33(27-47)28-48)11-13-35(45)36-14-12-32(26-46(36)55)38-16-20-42(52-38)44-22-18-40(54-44)34(29-49)30-50/h11-22,25-26H,3-10,23-24H2,1-2H3/b37-31-,38-32-,43-41-,44-42-. The van der Waals surface area contributed by atoms with Gasteiger partial charge in [-0.3, -0.25) is 0 Å². The SMILES string of the molecule is CCCCCC[Si]1(CCCCCC)c2c/c(=c3/cc/c(=c4\ccc(=C(C#N)C#N)s4)s3)ccc2=c2cc/c(=c3\cc/c(=c4\ccc(=C(C#N)C#N)s4)s3)cc21. The zero-order valence-corrected chi connectivity index (χ0v) is 35.3.